The predicted octanol–water partition coefficient (Wildman–Crippen LogP) is 18.0. The van der Waals surface area contributed by atoms with E-state index in [0.717, 1.165) is 132 Å². The van der Waals surface area contributed by atoms with Crippen molar-refractivity contribution in [3.8, 4) is 11.5 Å². The number of likely N-dealkylation sites (N-methyl/N-ethyl adjacent to an activating group) is 1. The average molecular weight is 1320 g/mol. The summed E-state index contributed by atoms with van der Waals surface area (Å²) in [6.07, 6.45) is 8.86. The first-order chi connectivity index (χ1) is 46.3. The Morgan fingerprint density at radius 3 is 1.73 bits per heavy atom. The van der Waals surface area contributed by atoms with E-state index in [9.17, 15) is 4.79 Å². The van der Waals surface area contributed by atoms with Gasteiger partial charge in [-0.1, -0.05) is 164 Å². The molecule has 0 amide bonds. The number of ether oxygens (including phenoxy) is 1. The number of para-hydroxylation sites is 6. The number of thioether (sulfide) groups is 1. The quantitative estimate of drug-likeness (QED) is 0.106. The lowest BCUT2D eigenvalue weighted by Crippen LogP contribution is -2.46. The molecule has 5 heterocycles. The SMILES string of the molecule is CC(CN(C)C)CN1c2ccccc2CCc2ccccc21.CN(C)CC/C=C1\c2ccccc2CSc2ccccc21.CN(CCCN1c2ccccc2CCc2ccccc21)CC(=O)c1ccc(Cl)cc1.Clc1ccc2c(c1)C(N1CCNCC1)=Nc1ccccc1O2. The zero-order valence-corrected chi connectivity index (χ0v) is 58.3. The fourth-order valence-electron chi connectivity index (χ4n) is 13.2. The average Bonchev–Trinajstić information content (AvgIpc) is 1.67. The van der Waals surface area contributed by atoms with Crippen molar-refractivity contribution >= 4 is 80.6 Å². The zero-order chi connectivity index (χ0) is 66.0. The van der Waals surface area contributed by atoms with Crippen molar-refractivity contribution in [3.05, 3.63) is 279 Å². The Bertz CT molecular complexity index is 3950. The third kappa shape index (κ3) is 18.1. The summed E-state index contributed by atoms with van der Waals surface area (Å²) in [4.78, 5) is 32.7. The summed E-state index contributed by atoms with van der Waals surface area (Å²) in [5, 5.41) is 4.71. The first kappa shape index (κ1) is 68.4. The summed E-state index contributed by atoms with van der Waals surface area (Å²) in [5.41, 5.74) is 19.3. The number of carbonyl (C=O) groups excluding carboxylic acids is 1. The van der Waals surface area contributed by atoms with Crippen LogP contribution in [0.25, 0.3) is 5.57 Å². The van der Waals surface area contributed by atoms with Gasteiger partial charge in [-0.3, -0.25) is 9.69 Å². The van der Waals surface area contributed by atoms with Crippen molar-refractivity contribution in [3.63, 3.8) is 0 Å². The van der Waals surface area contributed by atoms with Crippen LogP contribution < -0.4 is 19.9 Å². The van der Waals surface area contributed by atoms with Crippen LogP contribution in [-0.4, -0.2) is 132 Å². The molecule has 0 bridgehead atoms. The van der Waals surface area contributed by atoms with Gasteiger partial charge in [0.2, 0.25) is 0 Å². The number of aryl methyl sites for hydroxylation is 4. The van der Waals surface area contributed by atoms with Gasteiger partial charge in [-0.15, -0.1) is 11.8 Å². The van der Waals surface area contributed by atoms with Crippen molar-refractivity contribution in [1.29, 1.82) is 0 Å². The molecular weight excluding hydrogens is 1230 g/mol. The van der Waals surface area contributed by atoms with E-state index in [1.54, 1.807) is 24.3 Å². The fourth-order valence-corrected chi connectivity index (χ4v) is 14.6. The first-order valence-corrected chi connectivity index (χ1v) is 35.3. The topological polar surface area (TPSA) is 70.1 Å². The van der Waals surface area contributed by atoms with Crippen molar-refractivity contribution in [2.24, 2.45) is 10.9 Å². The molecule has 5 aliphatic rings. The third-order valence-corrected chi connectivity index (χ3v) is 19.4. The Kier molecular flexibility index (Phi) is 24.2. The minimum Gasteiger partial charge on any atom is -0.454 e. The first-order valence-electron chi connectivity index (χ1n) is 33.6. The number of halogens is 2. The Balaban J connectivity index is 0.000000130. The molecule has 0 radical (unpaired) electrons. The van der Waals surface area contributed by atoms with Gasteiger partial charge in [-0.05, 0) is 209 Å². The number of hydrogen-bond donors (Lipinski definition) is 1. The Labute approximate surface area is 578 Å². The molecule has 95 heavy (non-hydrogen) atoms. The maximum absolute atomic E-state index is 12.5. The molecule has 9 aromatic carbocycles. The van der Waals surface area contributed by atoms with Crippen LogP contribution in [0.3, 0.4) is 0 Å². The van der Waals surface area contributed by atoms with Crippen molar-refractivity contribution in [1.82, 2.24) is 24.9 Å². The molecule has 5 aliphatic heterocycles. The van der Waals surface area contributed by atoms with Gasteiger partial charge >= 0.3 is 0 Å². The van der Waals surface area contributed by atoms with Gasteiger partial charge in [-0.25, -0.2) is 4.99 Å². The molecule has 13 heteroatoms. The Hall–Kier alpha value is -7.97. The number of benzene rings is 9. The number of carbonyl (C=O) groups is 1. The predicted molar refractivity (Wildman–Crippen MR) is 402 cm³/mol. The summed E-state index contributed by atoms with van der Waals surface area (Å²) in [5.74, 6) is 4.30. The van der Waals surface area contributed by atoms with Crippen LogP contribution >= 0.6 is 35.0 Å². The van der Waals surface area contributed by atoms with Crippen LogP contribution in [0, 0.1) is 5.92 Å². The second kappa shape index (κ2) is 33.6. The van der Waals surface area contributed by atoms with Gasteiger partial charge in [0.05, 0.1) is 12.1 Å². The molecule has 0 aromatic heterocycles. The molecule has 0 aliphatic carbocycles. The molecule has 490 valence electrons. The van der Waals surface area contributed by atoms with E-state index in [1.807, 2.05) is 61.3 Å². The number of rotatable bonds is 14. The largest absolute Gasteiger partial charge is 0.454 e. The summed E-state index contributed by atoms with van der Waals surface area (Å²) in [6, 6.07) is 73.5. The van der Waals surface area contributed by atoms with Gasteiger partial charge in [-0.2, -0.15) is 0 Å². The molecule has 0 spiro atoms. The second-order valence-electron chi connectivity index (χ2n) is 25.7. The number of amidine groups is 1. The monoisotopic (exact) mass is 1320 g/mol. The molecule has 1 fully saturated rings. The maximum Gasteiger partial charge on any atom is 0.176 e. The maximum atomic E-state index is 12.5. The lowest BCUT2D eigenvalue weighted by Gasteiger charge is -2.30. The van der Waals surface area contributed by atoms with E-state index in [0.29, 0.717) is 28.1 Å². The molecular formula is C82H90Cl2N8O2S. The lowest BCUT2D eigenvalue weighted by atomic mass is 9.93. The smallest absolute Gasteiger partial charge is 0.176 e. The lowest BCUT2D eigenvalue weighted by molar-refractivity contribution is 0.0946. The molecule has 1 saturated heterocycles. The zero-order valence-electron chi connectivity index (χ0n) is 56.0. The number of anilines is 4. The van der Waals surface area contributed by atoms with Crippen LogP contribution in [0.4, 0.5) is 28.4 Å². The van der Waals surface area contributed by atoms with Crippen LogP contribution in [-0.2, 0) is 31.4 Å². The minimum atomic E-state index is 0.125. The number of piperazine rings is 1. The number of fused-ring (bicyclic) bond motifs is 8. The van der Waals surface area contributed by atoms with Crippen molar-refractivity contribution in [2.45, 2.75) is 56.1 Å². The van der Waals surface area contributed by atoms with Crippen LogP contribution in [0.1, 0.15) is 74.6 Å². The fraction of sp³-hybridized carbons (Fsp3) is 0.293. The van der Waals surface area contributed by atoms with E-state index < -0.39 is 0 Å². The van der Waals surface area contributed by atoms with Crippen LogP contribution in [0.15, 0.2) is 228 Å². The van der Waals surface area contributed by atoms with E-state index in [4.69, 9.17) is 32.9 Å². The highest BCUT2D eigenvalue weighted by atomic mass is 35.5. The molecule has 14 rings (SSSR count). The van der Waals surface area contributed by atoms with Gasteiger partial charge in [0.15, 0.2) is 11.5 Å². The summed E-state index contributed by atoms with van der Waals surface area (Å²) >= 11 is 14.1. The van der Waals surface area contributed by atoms with Gasteiger partial charge in [0, 0.05) is 108 Å². The molecule has 9 aromatic rings. The highest BCUT2D eigenvalue weighted by molar-refractivity contribution is 7.98. The van der Waals surface area contributed by atoms with E-state index in [1.165, 1.54) is 72.2 Å². The summed E-state index contributed by atoms with van der Waals surface area (Å²) in [6.45, 7) is 11.6. The van der Waals surface area contributed by atoms with Gasteiger partial charge < -0.3 is 34.6 Å². The highest BCUT2D eigenvalue weighted by Gasteiger charge is 2.26. The summed E-state index contributed by atoms with van der Waals surface area (Å²) in [7, 11) is 10.6. The van der Waals surface area contributed by atoms with Gasteiger partial charge in [0.1, 0.15) is 17.3 Å². The molecule has 0 saturated carbocycles. The molecule has 10 nitrogen and oxygen atoms in total. The number of aliphatic imine (C=N–C) groups is 1. The molecule has 1 atom stereocenters. The van der Waals surface area contributed by atoms with E-state index in [2.05, 4.69) is 221 Å². The molecule has 1 unspecified atom stereocenters. The Morgan fingerprint density at radius 1 is 0.579 bits per heavy atom. The number of Topliss-reactive ketones (excluding diaryl/α,β-unsaturated/α-hetero) is 1. The second-order valence-corrected chi connectivity index (χ2v) is 27.6. The van der Waals surface area contributed by atoms with Crippen LogP contribution in [0.5, 0.6) is 11.5 Å². The van der Waals surface area contributed by atoms with Crippen LogP contribution in [0.2, 0.25) is 10.0 Å². The normalized spacial score (nSPS) is 15.0. The number of nitrogens with zero attached hydrogens (tertiary/aromatic N) is 7. The number of hydrogen-bond acceptors (Lipinski definition) is 11. The van der Waals surface area contributed by atoms with Gasteiger partial charge in [0.25, 0.3) is 0 Å². The third-order valence-electron chi connectivity index (χ3n) is 17.8. The van der Waals surface area contributed by atoms with Crippen molar-refractivity contribution in [2.75, 3.05) is 110 Å². The van der Waals surface area contributed by atoms with E-state index in [-0.39, 0.29) is 5.78 Å². The molecule has 1 N–H and O–H groups in total. The standard InChI is InChI=1S/C26H27ClN2O.C20H26N2.C19H21NS.C17H16ClN3O/c1-28(19-26(30)22-13-15-23(27)16-14-22)17-6-18-29-24-9-4-2-7-20(24)11-12-21-8-3-5-10-25(21)29;1-16(14-21(2)3)15-22-19-10-6-4-8-17(19)12-13-18-9-5-7-11-20(18)22;1-20(2)13-7-11-17-16-9-4-3-8-15(16)14-21-19-12-6-5-10-18(17)19;18-12-5-6-15-13(11-12)17(21-9-7-19-8-10-21)20-14-3-1-2-4-16(14)22-15/h2-5,7-10,13-16H,6,11-12,17-19H2,1H3;4-11,16H,12-15H2,1-3H3;3-6,8-12H,7,13-14H2,1-2H3;1-6,11,19H,7-10H2/b;;17-11+;. The summed E-state index contributed by atoms with van der Waals surface area (Å²) < 4.78 is 6.06. The number of nitrogens with one attached hydrogen (secondary N) is 1. The Morgan fingerprint density at radius 2 is 1.12 bits per heavy atom. The van der Waals surface area contributed by atoms with E-state index >= 15 is 0 Å². The number of ketones is 1. The minimum absolute atomic E-state index is 0.125. The highest BCUT2D eigenvalue weighted by Crippen LogP contribution is 2.42. The van der Waals surface area contributed by atoms with Crippen molar-refractivity contribution < 1.29 is 9.53 Å².